The molecule has 4 nitrogen and oxygen atoms in total. The maximum Gasteiger partial charge on any atom is 0.329 e. The lowest BCUT2D eigenvalue weighted by molar-refractivity contribution is 0.282. The van der Waals surface area contributed by atoms with Gasteiger partial charge in [0, 0.05) is 5.56 Å². The van der Waals surface area contributed by atoms with E-state index in [2.05, 4.69) is 56.6 Å². The van der Waals surface area contributed by atoms with Crippen LogP contribution < -0.4 is 5.57 Å². The fourth-order valence-corrected chi connectivity index (χ4v) is 3.76. The zero-order valence-electron chi connectivity index (χ0n) is 10.6. The Kier molecular flexibility index (Phi) is 4.48. The molecule has 0 radical (unpaired) electrons. The summed E-state index contributed by atoms with van der Waals surface area (Å²) in [5, 5.41) is 13.7. The minimum Gasteiger partial charge on any atom is -0.392 e. The quantitative estimate of drug-likeness (QED) is 0.547. The van der Waals surface area contributed by atoms with Gasteiger partial charge in [-0.25, -0.2) is 4.52 Å². The molecule has 0 fully saturated rings. The number of aliphatic hydroxyl groups excluding tert-OH is 1. The van der Waals surface area contributed by atoms with Crippen LogP contribution in [0, 0.1) is 0 Å². The number of nitrogens with zero attached hydrogens (tertiary/aromatic N) is 3. The Morgan fingerprint density at radius 1 is 1.05 bits per heavy atom. The van der Waals surface area contributed by atoms with Crippen LogP contribution in [0.2, 0.25) is 0 Å². The summed E-state index contributed by atoms with van der Waals surface area (Å²) < 4.78 is 0.0180. The van der Waals surface area contributed by atoms with Gasteiger partial charge in [-0.15, -0.1) is 5.10 Å². The van der Waals surface area contributed by atoms with Gasteiger partial charge in [0.2, 0.25) is 0 Å². The number of hydrogen-bond donors (Lipinski definition) is 1. The van der Waals surface area contributed by atoms with Gasteiger partial charge in [0.25, 0.3) is 3.37 Å². The number of pyridine rings is 1. The van der Waals surface area contributed by atoms with E-state index >= 15 is 0 Å². The first-order valence-corrected chi connectivity index (χ1v) is 13.9. The Labute approximate surface area is 146 Å². The zero-order valence-corrected chi connectivity index (χ0v) is 16.3. The lowest BCUT2D eigenvalue weighted by atomic mass is 10.1. The molecule has 0 bridgehead atoms. The Bertz CT molecular complexity index is 783. The number of benzene rings is 1. The predicted octanol–water partition coefficient (Wildman–Crippen LogP) is 4.46. The van der Waals surface area contributed by atoms with E-state index in [-0.39, 0.29) is 6.61 Å². The standard InChI is InChI=1S/C13H10Br3N3OP/c14-21(15,16)13-17-12-3-1-2-11(19(12)18-13)10-6-4-9(8-20)5-7-10/h1-7,20H,8H2/q+1. The highest BCUT2D eigenvalue weighted by molar-refractivity contribution is 9.97. The summed E-state index contributed by atoms with van der Waals surface area (Å²) >= 11 is 10.6. The van der Waals surface area contributed by atoms with E-state index in [0.717, 1.165) is 22.5 Å². The van der Waals surface area contributed by atoms with Gasteiger partial charge in [-0.05, 0) is 17.7 Å². The molecule has 0 amide bonds. The summed E-state index contributed by atoms with van der Waals surface area (Å²) in [6, 6.07) is 13.6. The van der Waals surface area contributed by atoms with Crippen LogP contribution in [0.1, 0.15) is 5.56 Å². The fraction of sp³-hybridized carbons (Fsp3) is 0.0769. The Morgan fingerprint density at radius 3 is 2.38 bits per heavy atom. The molecule has 0 atom stereocenters. The van der Waals surface area contributed by atoms with Gasteiger partial charge in [0.15, 0.2) is 52.1 Å². The van der Waals surface area contributed by atoms with E-state index in [0.29, 0.717) is 5.57 Å². The predicted molar refractivity (Wildman–Crippen MR) is 97.7 cm³/mol. The van der Waals surface area contributed by atoms with Crippen LogP contribution in [0.4, 0.5) is 0 Å². The first-order chi connectivity index (χ1) is 9.99. The van der Waals surface area contributed by atoms with Gasteiger partial charge in [-0.3, -0.25) is 0 Å². The molecule has 0 saturated heterocycles. The highest BCUT2D eigenvalue weighted by Gasteiger charge is 2.39. The van der Waals surface area contributed by atoms with Crippen molar-refractivity contribution >= 4 is 61.1 Å². The lowest BCUT2D eigenvalue weighted by Gasteiger charge is -2.04. The average molecular weight is 495 g/mol. The smallest absolute Gasteiger partial charge is 0.329 e. The molecular weight excluding hydrogens is 485 g/mol. The third-order valence-electron chi connectivity index (χ3n) is 3.01. The molecule has 2 heterocycles. The van der Waals surface area contributed by atoms with Crippen molar-refractivity contribution in [2.45, 2.75) is 6.61 Å². The van der Waals surface area contributed by atoms with E-state index in [4.69, 9.17) is 5.11 Å². The summed E-state index contributed by atoms with van der Waals surface area (Å²) in [5.41, 5.74) is 4.35. The minimum atomic E-state index is -1.80. The first-order valence-electron chi connectivity index (χ1n) is 6.03. The highest BCUT2D eigenvalue weighted by Crippen LogP contribution is 2.78. The normalized spacial score (nSPS) is 12.0. The van der Waals surface area contributed by atoms with Crippen LogP contribution in [0.5, 0.6) is 0 Å². The van der Waals surface area contributed by atoms with E-state index < -0.39 is 3.37 Å². The van der Waals surface area contributed by atoms with Gasteiger partial charge in [-0.2, -0.15) is 4.98 Å². The topological polar surface area (TPSA) is 50.4 Å². The van der Waals surface area contributed by atoms with Gasteiger partial charge >= 0.3 is 5.57 Å². The summed E-state index contributed by atoms with van der Waals surface area (Å²) in [4.78, 5) is 4.52. The largest absolute Gasteiger partial charge is 0.392 e. The van der Waals surface area contributed by atoms with Crippen molar-refractivity contribution in [1.82, 2.24) is 14.6 Å². The van der Waals surface area contributed by atoms with Gasteiger partial charge in [0.1, 0.15) is 0 Å². The average Bonchev–Trinajstić information content (AvgIpc) is 2.91. The number of fused-ring (bicyclic) bond motifs is 1. The Balaban J connectivity index is 2.15. The van der Waals surface area contributed by atoms with E-state index in [9.17, 15) is 0 Å². The molecule has 108 valence electrons. The summed E-state index contributed by atoms with van der Waals surface area (Å²) in [6.07, 6.45) is 0. The second kappa shape index (κ2) is 6.05. The molecule has 21 heavy (non-hydrogen) atoms. The van der Waals surface area contributed by atoms with Crippen LogP contribution >= 0.6 is 49.8 Å². The zero-order chi connectivity index (χ0) is 15.0. The Hall–Kier alpha value is -0.330. The molecular formula is C13H10Br3N3OP+. The van der Waals surface area contributed by atoms with Crippen molar-refractivity contribution in [3.05, 3.63) is 48.0 Å². The van der Waals surface area contributed by atoms with Crippen LogP contribution in [0.3, 0.4) is 0 Å². The number of hydrogen-bond acceptors (Lipinski definition) is 3. The second-order valence-electron chi connectivity index (χ2n) is 4.39. The van der Waals surface area contributed by atoms with Crippen molar-refractivity contribution in [3.63, 3.8) is 0 Å². The highest BCUT2D eigenvalue weighted by atomic mass is 80.0. The SMILES string of the molecule is OCc1ccc(-c2cccc3nc([P+](Br)(Br)Br)nn23)cc1. The maximum absolute atomic E-state index is 9.12. The summed E-state index contributed by atoms with van der Waals surface area (Å²) in [5.74, 6) is 0. The van der Waals surface area contributed by atoms with E-state index in [1.807, 2.05) is 47.0 Å². The molecule has 0 aliphatic rings. The second-order valence-corrected chi connectivity index (χ2v) is 23.8. The van der Waals surface area contributed by atoms with Crippen molar-refractivity contribution < 1.29 is 5.11 Å². The number of aromatic nitrogens is 3. The van der Waals surface area contributed by atoms with Crippen LogP contribution in [-0.4, -0.2) is 19.7 Å². The maximum atomic E-state index is 9.12. The molecule has 1 N–H and O–H groups in total. The molecule has 0 saturated carbocycles. The number of aliphatic hydroxyl groups is 1. The van der Waals surface area contributed by atoms with Gasteiger partial charge in [-0.1, -0.05) is 30.3 Å². The molecule has 3 aromatic rings. The Morgan fingerprint density at radius 2 is 1.76 bits per heavy atom. The summed E-state index contributed by atoms with van der Waals surface area (Å²) in [7, 11) is 0. The molecule has 3 rings (SSSR count). The van der Waals surface area contributed by atoms with Crippen molar-refractivity contribution in [2.24, 2.45) is 0 Å². The first kappa shape index (κ1) is 15.6. The molecule has 0 spiro atoms. The van der Waals surface area contributed by atoms with E-state index in [1.54, 1.807) is 0 Å². The van der Waals surface area contributed by atoms with Crippen molar-refractivity contribution in [1.29, 1.82) is 0 Å². The van der Waals surface area contributed by atoms with E-state index in [1.165, 1.54) is 0 Å². The van der Waals surface area contributed by atoms with Gasteiger partial charge in [0.05, 0.1) is 12.3 Å². The molecule has 0 aliphatic carbocycles. The van der Waals surface area contributed by atoms with Crippen LogP contribution in [0.25, 0.3) is 16.9 Å². The summed E-state index contributed by atoms with van der Waals surface area (Å²) in [6.45, 7) is 0.0434. The monoisotopic (exact) mass is 492 g/mol. The molecule has 0 unspecified atom stereocenters. The third kappa shape index (κ3) is 3.22. The molecule has 8 heteroatoms. The van der Waals surface area contributed by atoms with Crippen LogP contribution in [0.15, 0.2) is 42.5 Å². The van der Waals surface area contributed by atoms with Crippen molar-refractivity contribution in [3.8, 4) is 11.3 Å². The molecule has 1 aromatic carbocycles. The van der Waals surface area contributed by atoms with Crippen LogP contribution in [-0.2, 0) is 6.61 Å². The fourth-order valence-electron chi connectivity index (χ4n) is 2.00. The lowest BCUT2D eigenvalue weighted by Crippen LogP contribution is -2.04. The number of halogens is 3. The van der Waals surface area contributed by atoms with Gasteiger partial charge < -0.3 is 5.11 Å². The molecule has 0 aliphatic heterocycles. The third-order valence-corrected chi connectivity index (χ3v) is 6.51. The van der Waals surface area contributed by atoms with Crippen molar-refractivity contribution in [2.75, 3.05) is 0 Å². The molecule has 2 aromatic heterocycles. The minimum absolute atomic E-state index is 0.0434. The number of rotatable bonds is 3.